The van der Waals surface area contributed by atoms with Crippen molar-refractivity contribution in [3.8, 4) is 11.4 Å². The summed E-state index contributed by atoms with van der Waals surface area (Å²) >= 11 is 1.72. The zero-order valence-electron chi connectivity index (χ0n) is 9.34. The third-order valence-corrected chi connectivity index (χ3v) is 4.00. The van der Waals surface area contributed by atoms with Gasteiger partial charge < -0.3 is 0 Å². The van der Waals surface area contributed by atoms with Gasteiger partial charge in [0.05, 0.1) is 11.2 Å². The first-order valence-electron chi connectivity index (χ1n) is 5.93. The number of aromatic nitrogens is 2. The Bertz CT molecular complexity index is 663. The van der Waals surface area contributed by atoms with E-state index in [-0.39, 0.29) is 0 Å². The third-order valence-electron chi connectivity index (χ3n) is 3.32. The Balaban J connectivity index is 2.03. The molecule has 1 fully saturated rings. The molecule has 0 aromatic carbocycles. The Morgan fingerprint density at radius 2 is 2.18 bits per heavy atom. The van der Waals surface area contributed by atoms with Crippen molar-refractivity contribution in [1.82, 2.24) is 9.38 Å². The van der Waals surface area contributed by atoms with Crippen LogP contribution in [0, 0.1) is 0 Å². The first-order valence-corrected chi connectivity index (χ1v) is 6.87. The average molecular weight is 240 g/mol. The van der Waals surface area contributed by atoms with Gasteiger partial charge in [-0.1, -0.05) is 6.07 Å². The van der Waals surface area contributed by atoms with Gasteiger partial charge in [-0.05, 0) is 36.4 Å². The van der Waals surface area contributed by atoms with Gasteiger partial charge in [0.25, 0.3) is 0 Å². The van der Waals surface area contributed by atoms with E-state index in [0.29, 0.717) is 5.92 Å². The van der Waals surface area contributed by atoms with E-state index in [1.807, 2.05) is 0 Å². The second kappa shape index (κ2) is 3.44. The molecule has 0 radical (unpaired) electrons. The zero-order valence-corrected chi connectivity index (χ0v) is 10.2. The van der Waals surface area contributed by atoms with Crippen LogP contribution in [0.3, 0.4) is 0 Å². The molecule has 1 aliphatic carbocycles. The maximum Gasteiger partial charge on any atom is 0.145 e. The highest BCUT2D eigenvalue weighted by Gasteiger charge is 2.29. The Morgan fingerprint density at radius 3 is 2.94 bits per heavy atom. The number of pyridine rings is 1. The summed E-state index contributed by atoms with van der Waals surface area (Å²) in [6.07, 6.45) is 4.70. The molecule has 0 unspecified atom stereocenters. The number of hydrogen-bond donors (Lipinski definition) is 0. The highest BCUT2D eigenvalue weighted by Crippen LogP contribution is 2.42. The SMILES string of the molecule is c1ccn2c(-c3ccsc3)nc(C3CC3)c2c1. The highest BCUT2D eigenvalue weighted by molar-refractivity contribution is 7.08. The summed E-state index contributed by atoms with van der Waals surface area (Å²) in [7, 11) is 0. The van der Waals surface area contributed by atoms with Crippen molar-refractivity contribution < 1.29 is 0 Å². The predicted octanol–water partition coefficient (Wildman–Crippen LogP) is 3.94. The van der Waals surface area contributed by atoms with Gasteiger partial charge in [-0.15, -0.1) is 0 Å². The van der Waals surface area contributed by atoms with Crippen LogP contribution < -0.4 is 0 Å². The molecule has 4 rings (SSSR count). The molecule has 84 valence electrons. The second-order valence-electron chi connectivity index (χ2n) is 4.56. The minimum Gasteiger partial charge on any atom is -0.299 e. The average Bonchev–Trinajstić information content (AvgIpc) is 2.93. The van der Waals surface area contributed by atoms with Crippen LogP contribution >= 0.6 is 11.3 Å². The zero-order chi connectivity index (χ0) is 11.2. The fourth-order valence-corrected chi connectivity index (χ4v) is 2.95. The molecule has 1 aliphatic rings. The van der Waals surface area contributed by atoms with Crippen LogP contribution in [0.4, 0.5) is 0 Å². The first kappa shape index (κ1) is 9.42. The number of rotatable bonds is 2. The molecule has 0 atom stereocenters. The van der Waals surface area contributed by atoms with Crippen LogP contribution in [0.5, 0.6) is 0 Å². The molecule has 3 aromatic rings. The molecule has 3 heterocycles. The summed E-state index contributed by atoms with van der Waals surface area (Å²) in [5, 5.41) is 4.27. The minimum absolute atomic E-state index is 0.694. The topological polar surface area (TPSA) is 17.3 Å². The molecule has 0 amide bonds. The van der Waals surface area contributed by atoms with E-state index in [9.17, 15) is 0 Å². The lowest BCUT2D eigenvalue weighted by Gasteiger charge is -1.97. The van der Waals surface area contributed by atoms with E-state index in [1.54, 1.807) is 11.3 Å². The Hall–Kier alpha value is -1.61. The molecule has 3 heteroatoms. The highest BCUT2D eigenvalue weighted by atomic mass is 32.1. The lowest BCUT2D eigenvalue weighted by Crippen LogP contribution is -1.86. The molecule has 0 aliphatic heterocycles. The van der Waals surface area contributed by atoms with Crippen molar-refractivity contribution in [2.45, 2.75) is 18.8 Å². The van der Waals surface area contributed by atoms with Crippen molar-refractivity contribution in [2.75, 3.05) is 0 Å². The van der Waals surface area contributed by atoms with Gasteiger partial charge >= 0.3 is 0 Å². The molecule has 0 N–H and O–H groups in total. The standard InChI is InChI=1S/C14H12N2S/c1-2-7-16-12(3-1)13(10-4-5-10)15-14(16)11-6-8-17-9-11/h1-3,6-10H,4-5H2. The van der Waals surface area contributed by atoms with Crippen molar-refractivity contribution in [3.63, 3.8) is 0 Å². The summed E-state index contributed by atoms with van der Waals surface area (Å²) in [5.74, 6) is 1.78. The van der Waals surface area contributed by atoms with Crippen LogP contribution in [-0.4, -0.2) is 9.38 Å². The Morgan fingerprint density at radius 1 is 1.24 bits per heavy atom. The van der Waals surface area contributed by atoms with E-state index in [1.165, 1.54) is 29.6 Å². The number of hydrogen-bond acceptors (Lipinski definition) is 2. The smallest absolute Gasteiger partial charge is 0.145 e. The van der Waals surface area contributed by atoms with Gasteiger partial charge in [-0.3, -0.25) is 4.40 Å². The molecule has 3 aromatic heterocycles. The fraction of sp³-hybridized carbons (Fsp3) is 0.214. The molecule has 17 heavy (non-hydrogen) atoms. The second-order valence-corrected chi connectivity index (χ2v) is 5.34. The number of fused-ring (bicyclic) bond motifs is 1. The van der Waals surface area contributed by atoms with E-state index < -0.39 is 0 Å². The monoisotopic (exact) mass is 240 g/mol. The molecule has 0 bridgehead atoms. The van der Waals surface area contributed by atoms with Gasteiger partial charge in [0.2, 0.25) is 0 Å². The maximum absolute atomic E-state index is 4.86. The van der Waals surface area contributed by atoms with E-state index >= 15 is 0 Å². The Labute approximate surface area is 104 Å². The summed E-state index contributed by atoms with van der Waals surface area (Å²) in [6, 6.07) is 8.49. The summed E-state index contributed by atoms with van der Waals surface area (Å²) in [5.41, 5.74) is 3.78. The summed E-state index contributed by atoms with van der Waals surface area (Å²) in [4.78, 5) is 4.86. The van der Waals surface area contributed by atoms with E-state index in [0.717, 1.165) is 5.82 Å². The van der Waals surface area contributed by atoms with Gasteiger partial charge in [0.1, 0.15) is 5.82 Å². The summed E-state index contributed by atoms with van der Waals surface area (Å²) < 4.78 is 2.22. The van der Waals surface area contributed by atoms with Gasteiger partial charge in [-0.25, -0.2) is 4.98 Å². The lowest BCUT2D eigenvalue weighted by atomic mass is 10.2. The van der Waals surface area contributed by atoms with Gasteiger partial charge in [0, 0.05) is 23.1 Å². The number of nitrogens with zero attached hydrogens (tertiary/aromatic N) is 2. The first-order chi connectivity index (χ1) is 8.43. The summed E-state index contributed by atoms with van der Waals surface area (Å²) in [6.45, 7) is 0. The molecular weight excluding hydrogens is 228 g/mol. The number of imidazole rings is 1. The normalized spacial score (nSPS) is 15.5. The fourth-order valence-electron chi connectivity index (χ4n) is 2.31. The van der Waals surface area contributed by atoms with Crippen molar-refractivity contribution in [2.24, 2.45) is 0 Å². The van der Waals surface area contributed by atoms with Crippen LogP contribution in [0.25, 0.3) is 16.9 Å². The van der Waals surface area contributed by atoms with E-state index in [2.05, 4.69) is 45.6 Å². The van der Waals surface area contributed by atoms with Crippen LogP contribution in [-0.2, 0) is 0 Å². The predicted molar refractivity (Wildman–Crippen MR) is 70.5 cm³/mol. The quantitative estimate of drug-likeness (QED) is 0.663. The van der Waals surface area contributed by atoms with E-state index in [4.69, 9.17) is 4.98 Å². The molecule has 1 saturated carbocycles. The maximum atomic E-state index is 4.86. The van der Waals surface area contributed by atoms with Crippen LogP contribution in [0.2, 0.25) is 0 Å². The van der Waals surface area contributed by atoms with Crippen molar-refractivity contribution in [1.29, 1.82) is 0 Å². The molecule has 0 saturated heterocycles. The third kappa shape index (κ3) is 1.42. The Kier molecular flexibility index (Phi) is 1.91. The number of thiophene rings is 1. The molecule has 0 spiro atoms. The largest absolute Gasteiger partial charge is 0.299 e. The lowest BCUT2D eigenvalue weighted by molar-refractivity contribution is 1.07. The van der Waals surface area contributed by atoms with Crippen molar-refractivity contribution in [3.05, 3.63) is 46.9 Å². The van der Waals surface area contributed by atoms with Gasteiger partial charge in [0.15, 0.2) is 0 Å². The minimum atomic E-state index is 0.694. The van der Waals surface area contributed by atoms with Gasteiger partial charge in [-0.2, -0.15) is 11.3 Å². The van der Waals surface area contributed by atoms with Crippen LogP contribution in [0.1, 0.15) is 24.5 Å². The molecular formula is C14H12N2S. The molecule has 2 nitrogen and oxygen atoms in total. The van der Waals surface area contributed by atoms with Crippen LogP contribution in [0.15, 0.2) is 41.2 Å². The van der Waals surface area contributed by atoms with Crippen molar-refractivity contribution >= 4 is 16.9 Å².